The van der Waals surface area contributed by atoms with Crippen molar-refractivity contribution in [2.45, 2.75) is 13.0 Å². The summed E-state index contributed by atoms with van der Waals surface area (Å²) in [5.74, 6) is 0.540. The second-order valence-corrected chi connectivity index (χ2v) is 5.00. The summed E-state index contributed by atoms with van der Waals surface area (Å²) >= 11 is 0. The van der Waals surface area contributed by atoms with Crippen molar-refractivity contribution in [3.63, 3.8) is 0 Å². The first-order valence-corrected chi connectivity index (χ1v) is 7.09. The third kappa shape index (κ3) is 3.18. The molecular formula is C16H15N5O2. The molecule has 0 aliphatic carbocycles. The fourth-order valence-corrected chi connectivity index (χ4v) is 2.25. The van der Waals surface area contributed by atoms with Gasteiger partial charge in [0.15, 0.2) is 5.82 Å². The van der Waals surface area contributed by atoms with E-state index in [9.17, 15) is 9.59 Å². The maximum atomic E-state index is 12.2. The molecule has 1 unspecified atom stereocenters. The second kappa shape index (κ2) is 6.27. The highest BCUT2D eigenvalue weighted by molar-refractivity contribution is 5.37. The summed E-state index contributed by atoms with van der Waals surface area (Å²) in [5, 5.41) is 3.11. The predicted octanol–water partition coefficient (Wildman–Crippen LogP) is 1.49. The lowest BCUT2D eigenvalue weighted by Gasteiger charge is -2.15. The smallest absolute Gasteiger partial charge is 0.335 e. The van der Waals surface area contributed by atoms with E-state index < -0.39 is 11.2 Å². The Morgan fingerprint density at radius 3 is 2.61 bits per heavy atom. The Bertz CT molecular complexity index is 872. The Balaban J connectivity index is 1.92. The Hall–Kier alpha value is -3.22. The SMILES string of the molecule is CC(Nc1cc(=O)n(-c2cnccn2)c(=O)[nH]1)c1ccccc1. The molecule has 23 heavy (non-hydrogen) atoms. The summed E-state index contributed by atoms with van der Waals surface area (Å²) < 4.78 is 0.936. The van der Waals surface area contributed by atoms with Gasteiger partial charge in [-0.15, -0.1) is 0 Å². The van der Waals surface area contributed by atoms with Crippen LogP contribution in [0.5, 0.6) is 0 Å². The number of H-pyrrole nitrogens is 1. The highest BCUT2D eigenvalue weighted by Gasteiger charge is 2.10. The number of aromatic nitrogens is 4. The molecule has 3 rings (SSSR count). The summed E-state index contributed by atoms with van der Waals surface area (Å²) in [4.78, 5) is 34.9. The Morgan fingerprint density at radius 1 is 1.17 bits per heavy atom. The van der Waals surface area contributed by atoms with Crippen molar-refractivity contribution >= 4 is 5.82 Å². The van der Waals surface area contributed by atoms with Crippen LogP contribution in [0, 0.1) is 0 Å². The minimum Gasteiger partial charge on any atom is -0.365 e. The number of hydrogen-bond acceptors (Lipinski definition) is 5. The third-order valence-electron chi connectivity index (χ3n) is 3.38. The number of nitrogens with zero attached hydrogens (tertiary/aromatic N) is 3. The van der Waals surface area contributed by atoms with Crippen LogP contribution in [0.3, 0.4) is 0 Å². The molecule has 1 atom stereocenters. The lowest BCUT2D eigenvalue weighted by molar-refractivity contribution is 0.818. The van der Waals surface area contributed by atoms with E-state index in [0.29, 0.717) is 5.82 Å². The van der Waals surface area contributed by atoms with Gasteiger partial charge >= 0.3 is 5.69 Å². The van der Waals surface area contributed by atoms with Crippen LogP contribution in [-0.2, 0) is 0 Å². The highest BCUT2D eigenvalue weighted by atomic mass is 16.2. The minimum absolute atomic E-state index is 0.0568. The molecule has 2 heterocycles. The van der Waals surface area contributed by atoms with E-state index in [-0.39, 0.29) is 11.9 Å². The summed E-state index contributed by atoms with van der Waals surface area (Å²) in [6.07, 6.45) is 4.25. The zero-order valence-electron chi connectivity index (χ0n) is 12.4. The molecule has 116 valence electrons. The van der Waals surface area contributed by atoms with Crippen molar-refractivity contribution in [2.24, 2.45) is 0 Å². The van der Waals surface area contributed by atoms with Gasteiger partial charge in [-0.3, -0.25) is 14.8 Å². The number of nitrogens with one attached hydrogen (secondary N) is 2. The van der Waals surface area contributed by atoms with Gasteiger partial charge < -0.3 is 5.32 Å². The largest absolute Gasteiger partial charge is 0.365 e. The molecule has 0 radical (unpaired) electrons. The van der Waals surface area contributed by atoms with Crippen LogP contribution in [-0.4, -0.2) is 19.5 Å². The fourth-order valence-electron chi connectivity index (χ4n) is 2.25. The van der Waals surface area contributed by atoms with Gasteiger partial charge in [0.1, 0.15) is 5.82 Å². The fraction of sp³-hybridized carbons (Fsp3) is 0.125. The molecule has 0 bridgehead atoms. The van der Waals surface area contributed by atoms with E-state index in [4.69, 9.17) is 0 Å². The average molecular weight is 309 g/mol. The lowest BCUT2D eigenvalue weighted by atomic mass is 10.1. The van der Waals surface area contributed by atoms with Crippen LogP contribution in [0.4, 0.5) is 5.82 Å². The van der Waals surface area contributed by atoms with Gasteiger partial charge in [-0.1, -0.05) is 30.3 Å². The zero-order valence-corrected chi connectivity index (χ0v) is 12.4. The van der Waals surface area contributed by atoms with Crippen LogP contribution >= 0.6 is 0 Å². The van der Waals surface area contributed by atoms with E-state index in [2.05, 4.69) is 20.3 Å². The van der Waals surface area contributed by atoms with Gasteiger partial charge in [0, 0.05) is 24.5 Å². The molecule has 0 saturated heterocycles. The van der Waals surface area contributed by atoms with E-state index in [0.717, 1.165) is 10.1 Å². The van der Waals surface area contributed by atoms with Gasteiger partial charge in [-0.25, -0.2) is 14.3 Å². The van der Waals surface area contributed by atoms with Crippen molar-refractivity contribution in [1.82, 2.24) is 19.5 Å². The van der Waals surface area contributed by atoms with Crippen LogP contribution in [0.2, 0.25) is 0 Å². The van der Waals surface area contributed by atoms with E-state index in [1.807, 2.05) is 37.3 Å². The summed E-state index contributed by atoms with van der Waals surface area (Å²) in [5.41, 5.74) is 0.00391. The second-order valence-electron chi connectivity index (χ2n) is 5.00. The summed E-state index contributed by atoms with van der Waals surface area (Å²) in [6, 6.07) is 11.0. The maximum Gasteiger partial charge on any atom is 0.335 e. The molecule has 7 heteroatoms. The van der Waals surface area contributed by atoms with Gasteiger partial charge in [0.2, 0.25) is 0 Å². The quantitative estimate of drug-likeness (QED) is 0.761. The van der Waals surface area contributed by atoms with Crippen LogP contribution in [0.25, 0.3) is 5.82 Å². The Labute approximate surface area is 131 Å². The monoisotopic (exact) mass is 309 g/mol. The van der Waals surface area contributed by atoms with Crippen molar-refractivity contribution in [2.75, 3.05) is 5.32 Å². The number of hydrogen-bond donors (Lipinski definition) is 2. The third-order valence-corrected chi connectivity index (χ3v) is 3.38. The first-order chi connectivity index (χ1) is 11.1. The highest BCUT2D eigenvalue weighted by Crippen LogP contribution is 2.15. The Kier molecular flexibility index (Phi) is 4.01. The standard InChI is InChI=1S/C16H15N5O2/c1-11(12-5-3-2-4-6-12)19-13-9-15(22)21(16(23)20-13)14-10-17-7-8-18-14/h2-11,19H,1H3,(H,20,23). The van der Waals surface area contributed by atoms with Crippen molar-refractivity contribution in [1.29, 1.82) is 0 Å². The van der Waals surface area contributed by atoms with Crippen molar-refractivity contribution < 1.29 is 0 Å². The predicted molar refractivity (Wildman–Crippen MR) is 86.7 cm³/mol. The normalized spacial score (nSPS) is 11.9. The first kappa shape index (κ1) is 14.7. The molecular weight excluding hydrogens is 294 g/mol. The molecule has 0 aliphatic rings. The molecule has 3 aromatic rings. The summed E-state index contributed by atoms with van der Waals surface area (Å²) in [6.45, 7) is 1.95. The zero-order chi connectivity index (χ0) is 16.2. The number of anilines is 1. The average Bonchev–Trinajstić information content (AvgIpc) is 2.56. The van der Waals surface area contributed by atoms with Gasteiger partial charge in [0.25, 0.3) is 5.56 Å². The molecule has 0 spiro atoms. The first-order valence-electron chi connectivity index (χ1n) is 7.09. The molecule has 7 nitrogen and oxygen atoms in total. The molecule has 0 saturated carbocycles. The molecule has 0 aliphatic heterocycles. The van der Waals surface area contributed by atoms with Gasteiger partial charge in [-0.05, 0) is 12.5 Å². The van der Waals surface area contributed by atoms with E-state index in [1.54, 1.807) is 0 Å². The number of aromatic amines is 1. The Morgan fingerprint density at radius 2 is 1.96 bits per heavy atom. The van der Waals surface area contributed by atoms with Crippen LogP contribution in [0.1, 0.15) is 18.5 Å². The number of rotatable bonds is 4. The molecule has 2 aromatic heterocycles. The topological polar surface area (TPSA) is 92.7 Å². The van der Waals surface area contributed by atoms with Crippen molar-refractivity contribution in [3.8, 4) is 5.82 Å². The van der Waals surface area contributed by atoms with Gasteiger partial charge in [0.05, 0.1) is 6.20 Å². The summed E-state index contributed by atoms with van der Waals surface area (Å²) in [7, 11) is 0. The van der Waals surface area contributed by atoms with E-state index in [1.165, 1.54) is 24.7 Å². The van der Waals surface area contributed by atoms with E-state index >= 15 is 0 Å². The maximum absolute atomic E-state index is 12.2. The van der Waals surface area contributed by atoms with Crippen LogP contribution < -0.4 is 16.6 Å². The van der Waals surface area contributed by atoms with Crippen molar-refractivity contribution in [3.05, 3.63) is 81.4 Å². The number of benzene rings is 1. The molecule has 1 aromatic carbocycles. The van der Waals surface area contributed by atoms with Gasteiger partial charge in [-0.2, -0.15) is 0 Å². The molecule has 0 fully saturated rings. The lowest BCUT2D eigenvalue weighted by Crippen LogP contribution is -2.34. The molecule has 0 amide bonds. The van der Waals surface area contributed by atoms with Crippen LogP contribution in [0.15, 0.2) is 64.6 Å². The molecule has 2 N–H and O–H groups in total. The minimum atomic E-state index is -0.569.